The monoisotopic (exact) mass is 458 g/mol. The van der Waals surface area contributed by atoms with Crippen molar-refractivity contribution in [3.63, 3.8) is 0 Å². The minimum Gasteiger partial charge on any atom is -0.490 e. The van der Waals surface area contributed by atoms with Gasteiger partial charge in [-0.1, -0.05) is 34.1 Å². The van der Waals surface area contributed by atoms with Gasteiger partial charge in [-0.25, -0.2) is 4.79 Å². The minimum atomic E-state index is -0.533. The number of benzene rings is 2. The summed E-state index contributed by atoms with van der Waals surface area (Å²) in [5.41, 5.74) is 1.04. The SMILES string of the molecule is CCOc1cc(/C=C(\C#N)C(=O)Nc2ccccc2)c(Br)cc1OCC(=O)OC. The number of nitrogens with zero attached hydrogens (tertiary/aromatic N) is 1. The molecule has 8 heteroatoms. The van der Waals surface area contributed by atoms with E-state index >= 15 is 0 Å². The maximum absolute atomic E-state index is 12.4. The number of hydrogen-bond acceptors (Lipinski definition) is 6. The standard InChI is InChI=1S/C21H19BrN2O5/c1-3-28-18-10-14(17(22)11-19(18)29-13-20(25)27-2)9-15(12-23)21(26)24-16-7-5-4-6-8-16/h4-11H,3,13H2,1-2H3,(H,24,26)/b15-9+. The highest BCUT2D eigenvalue weighted by atomic mass is 79.9. The molecule has 0 saturated carbocycles. The van der Waals surface area contributed by atoms with Gasteiger partial charge in [0.05, 0.1) is 13.7 Å². The van der Waals surface area contributed by atoms with Crippen LogP contribution < -0.4 is 14.8 Å². The second-order valence-corrected chi connectivity index (χ2v) is 6.46. The number of para-hydroxylation sites is 1. The zero-order valence-corrected chi connectivity index (χ0v) is 17.5. The van der Waals surface area contributed by atoms with Gasteiger partial charge in [-0.3, -0.25) is 4.79 Å². The van der Waals surface area contributed by atoms with Gasteiger partial charge >= 0.3 is 5.97 Å². The van der Waals surface area contributed by atoms with Gasteiger partial charge < -0.3 is 19.5 Å². The van der Waals surface area contributed by atoms with Crippen LogP contribution in [-0.2, 0) is 14.3 Å². The molecule has 0 heterocycles. The number of hydrogen-bond donors (Lipinski definition) is 1. The number of amides is 1. The van der Waals surface area contributed by atoms with E-state index in [9.17, 15) is 14.9 Å². The third kappa shape index (κ3) is 6.36. The van der Waals surface area contributed by atoms with E-state index in [1.54, 1.807) is 43.3 Å². The molecule has 2 aromatic carbocycles. The molecule has 0 saturated heterocycles. The summed E-state index contributed by atoms with van der Waals surface area (Å²) < 4.78 is 16.1. The Bertz CT molecular complexity index is 952. The Morgan fingerprint density at radius 3 is 2.48 bits per heavy atom. The number of carbonyl (C=O) groups excluding carboxylic acids is 2. The molecule has 0 aromatic heterocycles. The van der Waals surface area contributed by atoms with Crippen LogP contribution in [0.25, 0.3) is 6.08 Å². The lowest BCUT2D eigenvalue weighted by molar-refractivity contribution is -0.142. The molecule has 0 fully saturated rings. The molecular formula is C21H19BrN2O5. The Morgan fingerprint density at radius 2 is 1.86 bits per heavy atom. The van der Waals surface area contributed by atoms with Gasteiger partial charge in [0.1, 0.15) is 11.6 Å². The van der Waals surface area contributed by atoms with E-state index in [4.69, 9.17) is 9.47 Å². The first kappa shape index (κ1) is 22.0. The molecule has 0 aliphatic heterocycles. The Balaban J connectivity index is 2.31. The first-order chi connectivity index (χ1) is 14.0. The molecular weight excluding hydrogens is 440 g/mol. The van der Waals surface area contributed by atoms with Gasteiger partial charge in [0.25, 0.3) is 5.91 Å². The maximum atomic E-state index is 12.4. The van der Waals surface area contributed by atoms with Gasteiger partial charge in [0.2, 0.25) is 0 Å². The van der Waals surface area contributed by atoms with Crippen molar-refractivity contribution in [3.05, 3.63) is 58.1 Å². The second kappa shape index (κ2) is 10.9. The van der Waals surface area contributed by atoms with Crippen molar-refractivity contribution in [2.45, 2.75) is 6.92 Å². The average Bonchev–Trinajstić information content (AvgIpc) is 2.73. The molecule has 0 aliphatic carbocycles. The van der Waals surface area contributed by atoms with Crippen LogP contribution in [0.5, 0.6) is 11.5 Å². The molecule has 2 rings (SSSR count). The van der Waals surface area contributed by atoms with Crippen LogP contribution in [0.15, 0.2) is 52.5 Å². The van der Waals surface area contributed by atoms with Crippen LogP contribution in [0.1, 0.15) is 12.5 Å². The number of anilines is 1. The molecule has 2 aromatic rings. The van der Waals surface area contributed by atoms with Crippen molar-refractivity contribution in [2.24, 2.45) is 0 Å². The van der Waals surface area contributed by atoms with Gasteiger partial charge in [-0.15, -0.1) is 0 Å². The van der Waals surface area contributed by atoms with E-state index in [1.807, 2.05) is 12.1 Å². The largest absolute Gasteiger partial charge is 0.490 e. The lowest BCUT2D eigenvalue weighted by Gasteiger charge is -2.13. The number of ether oxygens (including phenoxy) is 3. The minimum absolute atomic E-state index is 0.0831. The summed E-state index contributed by atoms with van der Waals surface area (Å²) in [6.45, 7) is 1.88. The van der Waals surface area contributed by atoms with Crippen molar-refractivity contribution in [1.82, 2.24) is 0 Å². The number of esters is 1. The molecule has 1 amide bonds. The molecule has 0 radical (unpaired) electrons. The van der Waals surface area contributed by atoms with Crippen molar-refractivity contribution >= 4 is 39.6 Å². The smallest absolute Gasteiger partial charge is 0.343 e. The highest BCUT2D eigenvalue weighted by molar-refractivity contribution is 9.10. The quantitative estimate of drug-likeness (QED) is 0.365. The maximum Gasteiger partial charge on any atom is 0.343 e. The van der Waals surface area contributed by atoms with Crippen molar-refractivity contribution < 1.29 is 23.8 Å². The molecule has 0 atom stereocenters. The predicted octanol–water partition coefficient (Wildman–Crippen LogP) is 3.95. The molecule has 0 unspecified atom stereocenters. The summed E-state index contributed by atoms with van der Waals surface area (Å²) in [5, 5.41) is 12.1. The van der Waals surface area contributed by atoms with Gasteiger partial charge in [0.15, 0.2) is 18.1 Å². The summed E-state index contributed by atoms with van der Waals surface area (Å²) in [6.07, 6.45) is 1.44. The fraction of sp³-hybridized carbons (Fsp3) is 0.190. The number of halogens is 1. The van der Waals surface area contributed by atoms with Crippen LogP contribution in [0.2, 0.25) is 0 Å². The van der Waals surface area contributed by atoms with Crippen LogP contribution >= 0.6 is 15.9 Å². The molecule has 150 valence electrons. The van der Waals surface area contributed by atoms with Gasteiger partial charge in [0, 0.05) is 10.2 Å². The third-order valence-electron chi connectivity index (χ3n) is 3.63. The first-order valence-corrected chi connectivity index (χ1v) is 9.42. The number of nitriles is 1. The Morgan fingerprint density at radius 1 is 1.17 bits per heavy atom. The second-order valence-electron chi connectivity index (χ2n) is 5.61. The van der Waals surface area contributed by atoms with Crippen LogP contribution in [0.4, 0.5) is 5.69 Å². The third-order valence-corrected chi connectivity index (χ3v) is 4.32. The molecule has 0 aliphatic rings. The fourth-order valence-corrected chi connectivity index (χ4v) is 2.70. The summed E-state index contributed by atoms with van der Waals surface area (Å²) in [6, 6.07) is 14.0. The predicted molar refractivity (Wildman–Crippen MR) is 111 cm³/mol. The highest BCUT2D eigenvalue weighted by Crippen LogP contribution is 2.35. The van der Waals surface area contributed by atoms with Crippen LogP contribution in [0.3, 0.4) is 0 Å². The highest BCUT2D eigenvalue weighted by Gasteiger charge is 2.15. The van der Waals surface area contributed by atoms with E-state index in [0.717, 1.165) is 0 Å². The molecule has 7 nitrogen and oxygen atoms in total. The molecule has 0 bridgehead atoms. The molecule has 29 heavy (non-hydrogen) atoms. The molecule has 0 spiro atoms. The normalized spacial score (nSPS) is 10.6. The van der Waals surface area contributed by atoms with E-state index in [1.165, 1.54) is 13.2 Å². The Kier molecular flexibility index (Phi) is 8.25. The lowest BCUT2D eigenvalue weighted by Crippen LogP contribution is -2.14. The topological polar surface area (TPSA) is 97.6 Å². The van der Waals surface area contributed by atoms with E-state index in [0.29, 0.717) is 33.8 Å². The zero-order valence-electron chi connectivity index (χ0n) is 15.9. The summed E-state index contributed by atoms with van der Waals surface area (Å²) in [4.78, 5) is 23.7. The van der Waals surface area contributed by atoms with Gasteiger partial charge in [-0.2, -0.15) is 5.26 Å². The van der Waals surface area contributed by atoms with Gasteiger partial charge in [-0.05, 0) is 42.8 Å². The van der Waals surface area contributed by atoms with E-state index in [2.05, 4.69) is 26.0 Å². The summed E-state index contributed by atoms with van der Waals surface area (Å²) in [7, 11) is 1.27. The van der Waals surface area contributed by atoms with Crippen LogP contribution in [-0.4, -0.2) is 32.2 Å². The number of carbonyl (C=O) groups is 2. The number of nitrogens with one attached hydrogen (secondary N) is 1. The summed E-state index contributed by atoms with van der Waals surface area (Å²) >= 11 is 3.39. The lowest BCUT2D eigenvalue weighted by atomic mass is 10.1. The summed E-state index contributed by atoms with van der Waals surface area (Å²) in [5.74, 6) is -0.369. The first-order valence-electron chi connectivity index (χ1n) is 8.62. The molecule has 1 N–H and O–H groups in total. The Hall–Kier alpha value is -3.31. The zero-order chi connectivity index (χ0) is 21.2. The number of rotatable bonds is 8. The fourth-order valence-electron chi connectivity index (χ4n) is 2.26. The van der Waals surface area contributed by atoms with Crippen molar-refractivity contribution in [2.75, 3.05) is 25.6 Å². The van der Waals surface area contributed by atoms with Crippen molar-refractivity contribution in [1.29, 1.82) is 5.26 Å². The van der Waals surface area contributed by atoms with Crippen LogP contribution in [0, 0.1) is 11.3 Å². The van der Waals surface area contributed by atoms with E-state index < -0.39 is 11.9 Å². The van der Waals surface area contributed by atoms with E-state index in [-0.39, 0.29) is 12.2 Å². The number of methoxy groups -OCH3 is 1. The average molecular weight is 459 g/mol. The Labute approximate surface area is 177 Å². The van der Waals surface area contributed by atoms with Crippen molar-refractivity contribution in [3.8, 4) is 17.6 Å².